The van der Waals surface area contributed by atoms with Gasteiger partial charge in [-0.2, -0.15) is 0 Å². The molecule has 0 bridgehead atoms. The van der Waals surface area contributed by atoms with Gasteiger partial charge in [0.05, 0.1) is 11.4 Å². The van der Waals surface area contributed by atoms with E-state index in [1.54, 1.807) is 0 Å². The first-order valence-corrected chi connectivity index (χ1v) is 5.94. The first kappa shape index (κ1) is 10.3. The zero-order valence-corrected chi connectivity index (χ0v) is 9.50. The van der Waals surface area contributed by atoms with Gasteiger partial charge in [-0.25, -0.2) is 0 Å². The molecule has 1 saturated carbocycles. The third kappa shape index (κ3) is 1.52. The Morgan fingerprint density at radius 3 is 3.06 bits per heavy atom. The van der Waals surface area contributed by atoms with Crippen LogP contribution in [0.2, 0.25) is 0 Å². The highest BCUT2D eigenvalue weighted by atomic mass is 16.4. The Morgan fingerprint density at radius 2 is 2.24 bits per heavy atom. The molecule has 2 atom stereocenters. The fraction of sp³-hybridized carbons (Fsp3) is 0.385. The van der Waals surface area contributed by atoms with E-state index in [9.17, 15) is 0 Å². The molecule has 17 heavy (non-hydrogen) atoms. The summed E-state index contributed by atoms with van der Waals surface area (Å²) >= 11 is 0. The van der Waals surface area contributed by atoms with E-state index in [1.807, 2.05) is 18.2 Å². The summed E-state index contributed by atoms with van der Waals surface area (Å²) in [7, 11) is 0. The summed E-state index contributed by atoms with van der Waals surface area (Å²) in [4.78, 5) is 4.72. The highest BCUT2D eigenvalue weighted by Gasteiger charge is 2.34. The average Bonchev–Trinajstić information content (AvgIpc) is 2.76. The van der Waals surface area contributed by atoms with E-state index in [2.05, 4.69) is 11.2 Å². The fourth-order valence-electron chi connectivity index (χ4n) is 2.91. The van der Waals surface area contributed by atoms with Crippen LogP contribution in [0, 0.1) is 5.92 Å². The lowest BCUT2D eigenvalue weighted by Gasteiger charge is -2.28. The molecule has 0 aromatic heterocycles. The quantitative estimate of drug-likeness (QED) is 0.316. The zero-order valence-electron chi connectivity index (χ0n) is 9.50. The molecule has 1 aliphatic heterocycles. The van der Waals surface area contributed by atoms with Gasteiger partial charge in [0.2, 0.25) is 0 Å². The lowest BCUT2D eigenvalue weighted by Crippen LogP contribution is -2.36. The topological polar surface area (TPSA) is 71.0 Å². The fourth-order valence-corrected chi connectivity index (χ4v) is 2.91. The molecule has 88 valence electrons. The summed E-state index contributed by atoms with van der Waals surface area (Å²) in [6.07, 6.45) is 3.10. The van der Waals surface area contributed by atoms with Crippen molar-refractivity contribution in [3.05, 3.63) is 34.8 Å². The maximum atomic E-state index is 8.84. The van der Waals surface area contributed by atoms with Gasteiger partial charge in [-0.1, -0.05) is 23.4 Å². The van der Waals surface area contributed by atoms with Crippen LogP contribution < -0.4 is 16.3 Å². The van der Waals surface area contributed by atoms with Gasteiger partial charge in [0.25, 0.3) is 0 Å². The average molecular weight is 229 g/mol. The number of hydrogen-bond acceptors (Lipinski definition) is 3. The van der Waals surface area contributed by atoms with Crippen molar-refractivity contribution in [2.24, 2.45) is 21.8 Å². The number of benzene rings is 1. The minimum Gasteiger partial charge on any atom is -0.409 e. The Balaban J connectivity index is 2.13. The van der Waals surface area contributed by atoms with E-state index in [1.165, 1.54) is 10.8 Å². The standard InChI is InChI=1S/C13H15N3O/c14-13(16-17)10-6-3-5-9-8-4-1-2-7-11(8)15-12(9)10/h1-2,4,7,10,12,17H,3,5-6H2,(H2,14,16)/t10-,12+/m1/s1. The molecule has 0 unspecified atom stereocenters. The molecular weight excluding hydrogens is 214 g/mol. The molecule has 0 radical (unpaired) electrons. The maximum Gasteiger partial charge on any atom is 0.144 e. The number of para-hydroxylation sites is 1. The Labute approximate surface area is 99.2 Å². The summed E-state index contributed by atoms with van der Waals surface area (Å²) in [5.41, 5.74) is 7.12. The molecule has 0 amide bonds. The second kappa shape index (κ2) is 3.87. The number of oxime groups is 1. The first-order valence-electron chi connectivity index (χ1n) is 5.94. The molecule has 0 spiro atoms. The normalized spacial score (nSPS) is 27.3. The third-order valence-corrected chi connectivity index (χ3v) is 3.72. The SMILES string of the molecule is N/C(=N\O)[C@@H]1CCCC2=c3ccccc3=N[C@@H]21. The summed E-state index contributed by atoms with van der Waals surface area (Å²) in [5, 5.41) is 14.3. The Morgan fingerprint density at radius 1 is 1.41 bits per heavy atom. The summed E-state index contributed by atoms with van der Waals surface area (Å²) < 4.78 is 0. The highest BCUT2D eigenvalue weighted by Crippen LogP contribution is 2.32. The van der Waals surface area contributed by atoms with Gasteiger partial charge in [0, 0.05) is 11.1 Å². The minimum absolute atomic E-state index is 0.0520. The van der Waals surface area contributed by atoms with Crippen LogP contribution in [0.15, 0.2) is 34.4 Å². The molecule has 2 aliphatic rings. The zero-order chi connectivity index (χ0) is 11.8. The van der Waals surface area contributed by atoms with Crippen molar-refractivity contribution < 1.29 is 5.21 Å². The van der Waals surface area contributed by atoms with Crippen LogP contribution in [0.4, 0.5) is 0 Å². The number of amidine groups is 1. The predicted octanol–water partition coefficient (Wildman–Crippen LogP) is 0.386. The van der Waals surface area contributed by atoms with Crippen LogP contribution >= 0.6 is 0 Å². The molecule has 3 N–H and O–H groups in total. The van der Waals surface area contributed by atoms with Gasteiger partial charge in [-0.3, -0.25) is 4.99 Å². The van der Waals surface area contributed by atoms with Crippen LogP contribution in [-0.4, -0.2) is 17.1 Å². The van der Waals surface area contributed by atoms with Crippen molar-refractivity contribution in [1.82, 2.24) is 0 Å². The van der Waals surface area contributed by atoms with Crippen LogP contribution in [0.5, 0.6) is 0 Å². The molecule has 4 nitrogen and oxygen atoms in total. The van der Waals surface area contributed by atoms with Crippen LogP contribution in [0.3, 0.4) is 0 Å². The molecule has 1 aromatic rings. The lowest BCUT2D eigenvalue weighted by atomic mass is 9.80. The summed E-state index contributed by atoms with van der Waals surface area (Å²) in [5.74, 6) is 0.361. The maximum absolute atomic E-state index is 8.84. The van der Waals surface area contributed by atoms with Gasteiger partial charge >= 0.3 is 0 Å². The Kier molecular flexibility index (Phi) is 2.35. The molecule has 0 saturated heterocycles. The van der Waals surface area contributed by atoms with Gasteiger partial charge in [-0.05, 0) is 30.9 Å². The number of rotatable bonds is 1. The number of hydrogen-bond donors (Lipinski definition) is 2. The summed E-state index contributed by atoms with van der Waals surface area (Å²) in [6, 6.07) is 8.26. The van der Waals surface area contributed by atoms with E-state index in [4.69, 9.17) is 15.9 Å². The van der Waals surface area contributed by atoms with Crippen LogP contribution in [0.25, 0.3) is 5.57 Å². The second-order valence-corrected chi connectivity index (χ2v) is 4.64. The molecule has 1 aliphatic carbocycles. The molecule has 1 fully saturated rings. The number of nitrogens with zero attached hydrogens (tertiary/aromatic N) is 2. The van der Waals surface area contributed by atoms with Crippen molar-refractivity contribution in [2.45, 2.75) is 25.3 Å². The van der Waals surface area contributed by atoms with E-state index >= 15 is 0 Å². The van der Waals surface area contributed by atoms with Crippen LogP contribution in [0.1, 0.15) is 19.3 Å². The minimum atomic E-state index is 0.0520. The monoisotopic (exact) mass is 229 g/mol. The van der Waals surface area contributed by atoms with Crippen molar-refractivity contribution in [3.63, 3.8) is 0 Å². The van der Waals surface area contributed by atoms with E-state index in [-0.39, 0.29) is 12.0 Å². The van der Waals surface area contributed by atoms with E-state index in [0.29, 0.717) is 5.84 Å². The molecule has 1 heterocycles. The van der Waals surface area contributed by atoms with Gasteiger partial charge < -0.3 is 10.9 Å². The molecule has 1 aromatic carbocycles. The van der Waals surface area contributed by atoms with Gasteiger partial charge in [-0.15, -0.1) is 0 Å². The van der Waals surface area contributed by atoms with Crippen LogP contribution in [-0.2, 0) is 0 Å². The molecular formula is C13H15N3O. The predicted molar refractivity (Wildman–Crippen MR) is 65.2 cm³/mol. The van der Waals surface area contributed by atoms with E-state index in [0.717, 1.165) is 24.6 Å². The third-order valence-electron chi connectivity index (χ3n) is 3.72. The second-order valence-electron chi connectivity index (χ2n) is 4.64. The lowest BCUT2D eigenvalue weighted by molar-refractivity contribution is 0.311. The van der Waals surface area contributed by atoms with Crippen molar-refractivity contribution in [1.29, 1.82) is 0 Å². The van der Waals surface area contributed by atoms with Crippen molar-refractivity contribution >= 4 is 11.4 Å². The number of fused-ring (bicyclic) bond motifs is 2. The van der Waals surface area contributed by atoms with Crippen molar-refractivity contribution in [3.8, 4) is 0 Å². The number of nitrogens with two attached hydrogens (primary N) is 1. The first-order chi connectivity index (χ1) is 8.31. The smallest absolute Gasteiger partial charge is 0.144 e. The molecule has 4 heteroatoms. The summed E-state index contributed by atoms with van der Waals surface area (Å²) in [6.45, 7) is 0. The largest absolute Gasteiger partial charge is 0.409 e. The van der Waals surface area contributed by atoms with Gasteiger partial charge in [0.15, 0.2) is 0 Å². The van der Waals surface area contributed by atoms with Gasteiger partial charge in [0.1, 0.15) is 5.84 Å². The van der Waals surface area contributed by atoms with E-state index < -0.39 is 0 Å². The highest BCUT2D eigenvalue weighted by molar-refractivity contribution is 5.85. The molecule has 3 rings (SSSR count). The van der Waals surface area contributed by atoms with Crippen molar-refractivity contribution in [2.75, 3.05) is 0 Å². The Hall–Kier alpha value is -1.84. The Bertz CT molecular complexity index is 591.